The number of carbonyl (C=O) groups is 1. The third kappa shape index (κ3) is 2.93. The van der Waals surface area contributed by atoms with Crippen LogP contribution in [0.3, 0.4) is 0 Å². The Kier molecular flexibility index (Phi) is 3.87. The Hall–Kier alpha value is -1.62. The first kappa shape index (κ1) is 13.4. The highest BCUT2D eigenvalue weighted by Crippen LogP contribution is 2.29. The predicted molar refractivity (Wildman–Crippen MR) is 80.1 cm³/mol. The maximum atomic E-state index is 12.3. The van der Waals surface area contributed by atoms with Crippen LogP contribution in [0.2, 0.25) is 0 Å². The number of aryl methyl sites for hydroxylation is 2. The molecule has 20 heavy (non-hydrogen) atoms. The van der Waals surface area contributed by atoms with Gasteiger partial charge in [0, 0.05) is 29.9 Å². The van der Waals surface area contributed by atoms with Crippen molar-refractivity contribution < 1.29 is 4.79 Å². The van der Waals surface area contributed by atoms with Crippen molar-refractivity contribution >= 4 is 17.2 Å². The molecular formula is C15H19N3OS. The zero-order chi connectivity index (χ0) is 13.9. The summed E-state index contributed by atoms with van der Waals surface area (Å²) < 4.78 is 1.98. The third-order valence-electron chi connectivity index (χ3n) is 3.64. The molecule has 0 spiro atoms. The average Bonchev–Trinajstić information content (AvgIpc) is 3.06. The summed E-state index contributed by atoms with van der Waals surface area (Å²) in [6.07, 6.45) is 10.2. The van der Waals surface area contributed by atoms with E-state index in [0.717, 1.165) is 24.3 Å². The number of amides is 1. The Bertz CT molecular complexity index is 565. The molecule has 106 valence electrons. The molecule has 1 aliphatic rings. The second-order valence-corrected chi connectivity index (χ2v) is 6.54. The number of rotatable bonds is 4. The van der Waals surface area contributed by atoms with Crippen molar-refractivity contribution in [3.05, 3.63) is 40.1 Å². The molecule has 1 amide bonds. The van der Waals surface area contributed by atoms with E-state index >= 15 is 0 Å². The first-order chi connectivity index (χ1) is 9.72. The Labute approximate surface area is 122 Å². The minimum Gasteiger partial charge on any atom is -0.347 e. The lowest BCUT2D eigenvalue weighted by molar-refractivity contribution is 0.0941. The molecule has 0 saturated carbocycles. The summed E-state index contributed by atoms with van der Waals surface area (Å²) in [5, 5.41) is 3.07. The minimum atomic E-state index is 0.0528. The summed E-state index contributed by atoms with van der Waals surface area (Å²) >= 11 is 1.66. The molecule has 5 heteroatoms. The van der Waals surface area contributed by atoms with E-state index in [1.54, 1.807) is 23.9 Å². The van der Waals surface area contributed by atoms with Crippen LogP contribution < -0.4 is 5.32 Å². The fourth-order valence-corrected chi connectivity index (χ4v) is 3.81. The lowest BCUT2D eigenvalue weighted by atomic mass is 9.99. The number of fused-ring (bicyclic) bond motifs is 1. The van der Waals surface area contributed by atoms with Crippen LogP contribution in [0.4, 0.5) is 0 Å². The van der Waals surface area contributed by atoms with Gasteiger partial charge in [-0.3, -0.25) is 4.79 Å². The second kappa shape index (κ2) is 5.79. The Balaban J connectivity index is 1.62. The normalized spacial score (nSPS) is 15.7. The quantitative estimate of drug-likeness (QED) is 0.940. The van der Waals surface area contributed by atoms with Crippen LogP contribution in [0.5, 0.6) is 0 Å². The number of nitrogens with zero attached hydrogens (tertiary/aromatic N) is 2. The smallest absolute Gasteiger partial charge is 0.261 e. The van der Waals surface area contributed by atoms with Crippen LogP contribution in [0, 0.1) is 0 Å². The van der Waals surface area contributed by atoms with Gasteiger partial charge in [-0.1, -0.05) is 0 Å². The highest BCUT2D eigenvalue weighted by Gasteiger charge is 2.18. The number of carbonyl (C=O) groups excluding carboxylic acids is 1. The highest BCUT2D eigenvalue weighted by molar-refractivity contribution is 7.14. The molecule has 0 saturated heterocycles. The molecule has 1 aliphatic carbocycles. The van der Waals surface area contributed by atoms with Crippen LogP contribution in [0.25, 0.3) is 0 Å². The third-order valence-corrected chi connectivity index (χ3v) is 4.88. The van der Waals surface area contributed by atoms with Gasteiger partial charge >= 0.3 is 0 Å². The molecule has 0 fully saturated rings. The van der Waals surface area contributed by atoms with Gasteiger partial charge < -0.3 is 9.88 Å². The second-order valence-electron chi connectivity index (χ2n) is 5.40. The van der Waals surface area contributed by atoms with E-state index in [-0.39, 0.29) is 11.9 Å². The summed E-state index contributed by atoms with van der Waals surface area (Å²) in [4.78, 5) is 18.5. The molecule has 3 rings (SSSR count). The summed E-state index contributed by atoms with van der Waals surface area (Å²) in [5.41, 5.74) is 1.38. The van der Waals surface area contributed by atoms with E-state index in [0.29, 0.717) is 0 Å². The Morgan fingerprint density at radius 2 is 2.35 bits per heavy atom. The number of aromatic nitrogens is 2. The SMILES string of the molecule is C[C@@H](Cn1ccnc1)NC(=O)c1cc2c(s1)CCCC2. The van der Waals surface area contributed by atoms with Crippen molar-refractivity contribution in [2.75, 3.05) is 0 Å². The zero-order valence-corrected chi connectivity index (χ0v) is 12.4. The van der Waals surface area contributed by atoms with Gasteiger partial charge in [0.25, 0.3) is 5.91 Å². The van der Waals surface area contributed by atoms with Crippen LogP contribution in [-0.4, -0.2) is 21.5 Å². The average molecular weight is 289 g/mol. The Morgan fingerprint density at radius 3 is 3.10 bits per heavy atom. The van der Waals surface area contributed by atoms with Crippen molar-refractivity contribution in [2.45, 2.75) is 45.2 Å². The molecule has 0 aromatic carbocycles. The first-order valence-corrected chi connectivity index (χ1v) is 7.92. The predicted octanol–water partition coefficient (Wildman–Crippen LogP) is 2.64. The van der Waals surface area contributed by atoms with E-state index < -0.39 is 0 Å². The lowest BCUT2D eigenvalue weighted by Crippen LogP contribution is -2.35. The first-order valence-electron chi connectivity index (χ1n) is 7.10. The van der Waals surface area contributed by atoms with Crippen molar-refractivity contribution in [1.82, 2.24) is 14.9 Å². The molecule has 0 bridgehead atoms. The van der Waals surface area contributed by atoms with Gasteiger partial charge in [-0.25, -0.2) is 4.98 Å². The highest BCUT2D eigenvalue weighted by atomic mass is 32.1. The fourth-order valence-electron chi connectivity index (χ4n) is 2.65. The number of hydrogen-bond acceptors (Lipinski definition) is 3. The Morgan fingerprint density at radius 1 is 1.50 bits per heavy atom. The number of imidazole rings is 1. The lowest BCUT2D eigenvalue weighted by Gasteiger charge is -2.13. The summed E-state index contributed by atoms with van der Waals surface area (Å²) in [7, 11) is 0. The van der Waals surface area contributed by atoms with Gasteiger partial charge in [-0.2, -0.15) is 0 Å². The standard InChI is InChI=1S/C15H19N3OS/c1-11(9-18-7-6-16-10-18)17-15(19)14-8-12-4-2-3-5-13(12)20-14/h6-8,10-11H,2-5,9H2,1H3,(H,17,19)/t11-/m0/s1. The van der Waals surface area contributed by atoms with E-state index in [1.807, 2.05) is 17.7 Å². The molecule has 2 aromatic heterocycles. The van der Waals surface area contributed by atoms with E-state index in [2.05, 4.69) is 16.4 Å². The molecule has 1 N–H and O–H groups in total. The monoisotopic (exact) mass is 289 g/mol. The summed E-state index contributed by atoms with van der Waals surface area (Å²) in [6.45, 7) is 2.77. The maximum Gasteiger partial charge on any atom is 0.261 e. The van der Waals surface area contributed by atoms with E-state index in [1.165, 1.54) is 23.3 Å². The van der Waals surface area contributed by atoms with E-state index in [4.69, 9.17) is 0 Å². The number of thiophene rings is 1. The molecule has 0 radical (unpaired) electrons. The molecule has 4 nitrogen and oxygen atoms in total. The van der Waals surface area contributed by atoms with Crippen molar-refractivity contribution in [1.29, 1.82) is 0 Å². The van der Waals surface area contributed by atoms with Crippen LogP contribution in [0.1, 0.15) is 39.9 Å². The molecule has 0 aliphatic heterocycles. The van der Waals surface area contributed by atoms with Gasteiger partial charge in [0.05, 0.1) is 11.2 Å². The largest absolute Gasteiger partial charge is 0.347 e. The van der Waals surface area contributed by atoms with Gasteiger partial charge in [-0.05, 0) is 44.2 Å². The molecule has 0 unspecified atom stereocenters. The molecular weight excluding hydrogens is 270 g/mol. The zero-order valence-electron chi connectivity index (χ0n) is 11.6. The van der Waals surface area contributed by atoms with Crippen LogP contribution in [-0.2, 0) is 19.4 Å². The van der Waals surface area contributed by atoms with Gasteiger partial charge in [0.1, 0.15) is 0 Å². The molecule has 2 aromatic rings. The van der Waals surface area contributed by atoms with Gasteiger partial charge in [-0.15, -0.1) is 11.3 Å². The van der Waals surface area contributed by atoms with Crippen molar-refractivity contribution in [3.63, 3.8) is 0 Å². The van der Waals surface area contributed by atoms with Gasteiger partial charge in [0.2, 0.25) is 0 Å². The summed E-state index contributed by atoms with van der Waals surface area (Å²) in [6, 6.07) is 2.18. The van der Waals surface area contributed by atoms with Crippen LogP contribution >= 0.6 is 11.3 Å². The maximum absolute atomic E-state index is 12.3. The van der Waals surface area contributed by atoms with Crippen molar-refractivity contribution in [3.8, 4) is 0 Å². The fraction of sp³-hybridized carbons (Fsp3) is 0.467. The number of hydrogen-bond donors (Lipinski definition) is 1. The van der Waals surface area contributed by atoms with E-state index in [9.17, 15) is 4.79 Å². The van der Waals surface area contributed by atoms with Crippen LogP contribution in [0.15, 0.2) is 24.8 Å². The van der Waals surface area contributed by atoms with Crippen molar-refractivity contribution in [2.24, 2.45) is 0 Å². The number of nitrogens with one attached hydrogen (secondary N) is 1. The molecule has 2 heterocycles. The van der Waals surface area contributed by atoms with Gasteiger partial charge in [0.15, 0.2) is 0 Å². The topological polar surface area (TPSA) is 46.9 Å². The molecule has 1 atom stereocenters. The minimum absolute atomic E-state index is 0.0528. The summed E-state index contributed by atoms with van der Waals surface area (Å²) in [5.74, 6) is 0.0528.